The zero-order valence-corrected chi connectivity index (χ0v) is 8.75. The molecule has 0 aliphatic heterocycles. The van der Waals surface area contributed by atoms with Gasteiger partial charge in [-0.2, -0.15) is 0 Å². The van der Waals surface area contributed by atoms with Gasteiger partial charge in [-0.05, 0) is 30.5 Å². The molecule has 0 aliphatic carbocycles. The highest BCUT2D eigenvalue weighted by atomic mass is 16.3. The van der Waals surface area contributed by atoms with E-state index in [2.05, 4.69) is 19.6 Å². The monoisotopic (exact) mass is 188 g/mol. The SMILES string of the molecule is C=C/C(=C\CC)c1c(C)cccc1O. The number of hydrogen-bond acceptors (Lipinski definition) is 1. The van der Waals surface area contributed by atoms with Crippen molar-refractivity contribution in [2.24, 2.45) is 0 Å². The molecule has 0 fully saturated rings. The first-order chi connectivity index (χ1) is 6.70. The molecule has 0 spiro atoms. The second-order valence-corrected chi connectivity index (χ2v) is 3.24. The molecule has 0 saturated carbocycles. The Labute approximate surface area is 85.4 Å². The van der Waals surface area contributed by atoms with Crippen LogP contribution in [-0.2, 0) is 0 Å². The fourth-order valence-corrected chi connectivity index (χ4v) is 1.54. The molecular formula is C13H16O. The third-order valence-electron chi connectivity index (χ3n) is 2.18. The van der Waals surface area contributed by atoms with Gasteiger partial charge in [0.05, 0.1) is 0 Å². The van der Waals surface area contributed by atoms with Crippen molar-refractivity contribution in [1.82, 2.24) is 0 Å². The van der Waals surface area contributed by atoms with Crippen LogP contribution in [0, 0.1) is 6.92 Å². The van der Waals surface area contributed by atoms with Gasteiger partial charge in [0.15, 0.2) is 0 Å². The first-order valence-electron chi connectivity index (χ1n) is 4.82. The van der Waals surface area contributed by atoms with Crippen LogP contribution in [-0.4, -0.2) is 5.11 Å². The van der Waals surface area contributed by atoms with Gasteiger partial charge in [0.1, 0.15) is 5.75 Å². The number of aryl methyl sites for hydroxylation is 1. The van der Waals surface area contributed by atoms with E-state index in [4.69, 9.17) is 0 Å². The van der Waals surface area contributed by atoms with E-state index in [0.29, 0.717) is 5.75 Å². The van der Waals surface area contributed by atoms with Gasteiger partial charge in [-0.3, -0.25) is 0 Å². The van der Waals surface area contributed by atoms with Gasteiger partial charge in [0, 0.05) is 5.56 Å². The molecule has 74 valence electrons. The summed E-state index contributed by atoms with van der Waals surface area (Å²) in [6.07, 6.45) is 4.79. The minimum Gasteiger partial charge on any atom is -0.507 e. The molecule has 0 unspecified atom stereocenters. The minimum absolute atomic E-state index is 0.324. The number of phenols is 1. The van der Waals surface area contributed by atoms with Gasteiger partial charge in [0.2, 0.25) is 0 Å². The van der Waals surface area contributed by atoms with Crippen molar-refractivity contribution < 1.29 is 5.11 Å². The molecule has 1 heteroatoms. The maximum absolute atomic E-state index is 9.73. The summed E-state index contributed by atoms with van der Waals surface area (Å²) in [7, 11) is 0. The predicted octanol–water partition coefficient (Wildman–Crippen LogP) is 3.68. The highest BCUT2D eigenvalue weighted by Crippen LogP contribution is 2.29. The number of rotatable bonds is 3. The van der Waals surface area contributed by atoms with Crippen LogP contribution < -0.4 is 0 Å². The Kier molecular flexibility index (Phi) is 3.52. The Balaban J connectivity index is 3.29. The van der Waals surface area contributed by atoms with Crippen molar-refractivity contribution in [2.75, 3.05) is 0 Å². The maximum atomic E-state index is 9.73. The van der Waals surface area contributed by atoms with Crippen LogP contribution in [0.3, 0.4) is 0 Å². The standard InChI is InChI=1S/C13H16O/c1-4-7-11(5-2)13-10(3)8-6-9-12(13)14/h5-9,14H,2,4H2,1,3H3/b11-7+. The third kappa shape index (κ3) is 2.05. The quantitative estimate of drug-likeness (QED) is 0.717. The summed E-state index contributed by atoms with van der Waals surface area (Å²) in [4.78, 5) is 0. The van der Waals surface area contributed by atoms with E-state index in [0.717, 1.165) is 23.1 Å². The van der Waals surface area contributed by atoms with Crippen LogP contribution in [0.2, 0.25) is 0 Å². The molecule has 0 aliphatic rings. The smallest absolute Gasteiger partial charge is 0.123 e. The van der Waals surface area contributed by atoms with Crippen LogP contribution in [0.1, 0.15) is 24.5 Å². The normalized spacial score (nSPS) is 11.4. The van der Waals surface area contributed by atoms with Crippen LogP contribution in [0.4, 0.5) is 0 Å². The summed E-state index contributed by atoms with van der Waals surface area (Å²) in [5.74, 6) is 0.324. The number of benzene rings is 1. The number of hydrogen-bond donors (Lipinski definition) is 1. The maximum Gasteiger partial charge on any atom is 0.123 e. The molecule has 0 atom stereocenters. The van der Waals surface area contributed by atoms with E-state index in [-0.39, 0.29) is 0 Å². The van der Waals surface area contributed by atoms with Crippen molar-refractivity contribution in [3.63, 3.8) is 0 Å². The largest absolute Gasteiger partial charge is 0.507 e. The molecule has 0 radical (unpaired) electrons. The lowest BCUT2D eigenvalue weighted by Gasteiger charge is -2.08. The molecule has 0 saturated heterocycles. The van der Waals surface area contributed by atoms with Crippen LogP contribution in [0.15, 0.2) is 36.9 Å². The molecule has 0 heterocycles. The fraction of sp³-hybridized carbons (Fsp3) is 0.231. The Bertz CT molecular complexity index is 341. The summed E-state index contributed by atoms with van der Waals surface area (Å²) in [6.45, 7) is 7.82. The van der Waals surface area contributed by atoms with Crippen LogP contribution in [0.5, 0.6) is 5.75 Å². The van der Waals surface area contributed by atoms with Gasteiger partial charge in [-0.25, -0.2) is 0 Å². The van der Waals surface area contributed by atoms with Crippen LogP contribution in [0.25, 0.3) is 5.57 Å². The lowest BCUT2D eigenvalue weighted by Crippen LogP contribution is -1.87. The first kappa shape index (κ1) is 10.6. The van der Waals surface area contributed by atoms with E-state index in [9.17, 15) is 5.11 Å². The Hall–Kier alpha value is -1.50. The van der Waals surface area contributed by atoms with E-state index in [1.807, 2.05) is 19.1 Å². The minimum atomic E-state index is 0.324. The molecule has 1 aromatic carbocycles. The van der Waals surface area contributed by atoms with Crippen LogP contribution >= 0.6 is 0 Å². The van der Waals surface area contributed by atoms with Gasteiger partial charge in [-0.15, -0.1) is 0 Å². The second-order valence-electron chi connectivity index (χ2n) is 3.24. The number of allylic oxidation sites excluding steroid dienone is 3. The highest BCUT2D eigenvalue weighted by Gasteiger charge is 2.06. The summed E-state index contributed by atoms with van der Waals surface area (Å²) >= 11 is 0. The number of aromatic hydroxyl groups is 1. The van der Waals surface area contributed by atoms with Crippen molar-refractivity contribution in [3.05, 3.63) is 48.1 Å². The summed E-state index contributed by atoms with van der Waals surface area (Å²) in [5, 5.41) is 9.73. The Morgan fingerprint density at radius 3 is 2.71 bits per heavy atom. The van der Waals surface area contributed by atoms with Gasteiger partial charge in [0.25, 0.3) is 0 Å². The third-order valence-corrected chi connectivity index (χ3v) is 2.18. The summed E-state index contributed by atoms with van der Waals surface area (Å²) in [6, 6.07) is 5.54. The first-order valence-corrected chi connectivity index (χ1v) is 4.82. The molecule has 0 bridgehead atoms. The zero-order valence-electron chi connectivity index (χ0n) is 8.75. The van der Waals surface area contributed by atoms with E-state index in [1.54, 1.807) is 12.1 Å². The van der Waals surface area contributed by atoms with Gasteiger partial charge in [-0.1, -0.05) is 37.8 Å². The molecule has 1 rings (SSSR count). The Morgan fingerprint density at radius 2 is 2.21 bits per heavy atom. The van der Waals surface area contributed by atoms with Crippen molar-refractivity contribution in [2.45, 2.75) is 20.3 Å². The molecule has 1 aromatic rings. The molecular weight excluding hydrogens is 172 g/mol. The second kappa shape index (κ2) is 4.66. The van der Waals surface area contributed by atoms with Crippen molar-refractivity contribution in [1.29, 1.82) is 0 Å². The molecule has 14 heavy (non-hydrogen) atoms. The van der Waals surface area contributed by atoms with Crippen molar-refractivity contribution >= 4 is 5.57 Å². The average molecular weight is 188 g/mol. The van der Waals surface area contributed by atoms with Gasteiger partial charge < -0.3 is 5.11 Å². The van der Waals surface area contributed by atoms with E-state index >= 15 is 0 Å². The lowest BCUT2D eigenvalue weighted by molar-refractivity contribution is 0.473. The lowest BCUT2D eigenvalue weighted by atomic mass is 9.99. The molecule has 1 nitrogen and oxygen atoms in total. The summed E-state index contributed by atoms with van der Waals surface area (Å²) < 4.78 is 0. The molecule has 1 N–H and O–H groups in total. The molecule has 0 amide bonds. The highest BCUT2D eigenvalue weighted by molar-refractivity contribution is 5.79. The summed E-state index contributed by atoms with van der Waals surface area (Å²) in [5.41, 5.74) is 2.97. The predicted molar refractivity (Wildman–Crippen MR) is 61.3 cm³/mol. The molecule has 0 aromatic heterocycles. The van der Waals surface area contributed by atoms with E-state index in [1.165, 1.54) is 0 Å². The number of phenolic OH excluding ortho intramolecular Hbond substituents is 1. The van der Waals surface area contributed by atoms with Gasteiger partial charge >= 0.3 is 0 Å². The fourth-order valence-electron chi connectivity index (χ4n) is 1.54. The topological polar surface area (TPSA) is 20.2 Å². The Morgan fingerprint density at radius 1 is 1.50 bits per heavy atom. The van der Waals surface area contributed by atoms with Crippen molar-refractivity contribution in [3.8, 4) is 5.75 Å². The zero-order chi connectivity index (χ0) is 10.6. The van der Waals surface area contributed by atoms with E-state index < -0.39 is 0 Å². The average Bonchev–Trinajstić information content (AvgIpc) is 2.16.